The number of piperidine rings is 2. The summed E-state index contributed by atoms with van der Waals surface area (Å²) >= 11 is 0. The van der Waals surface area contributed by atoms with E-state index in [1.807, 2.05) is 13.8 Å². The molecule has 4 aliphatic rings. The van der Waals surface area contributed by atoms with Gasteiger partial charge in [-0.05, 0) is 31.4 Å². The number of aryl methyl sites for hydroxylation is 2. The summed E-state index contributed by atoms with van der Waals surface area (Å²) < 4.78 is 0. The predicted molar refractivity (Wildman–Crippen MR) is 119 cm³/mol. The Morgan fingerprint density at radius 3 is 2.48 bits per heavy atom. The van der Waals surface area contributed by atoms with E-state index < -0.39 is 0 Å². The molecule has 2 N–H and O–H groups in total. The minimum atomic E-state index is -0.331. The highest BCUT2D eigenvalue weighted by molar-refractivity contribution is 5.77. The molecule has 0 radical (unpaired) electrons. The third-order valence-corrected chi connectivity index (χ3v) is 7.52. The van der Waals surface area contributed by atoms with E-state index in [2.05, 4.69) is 55.4 Å². The van der Waals surface area contributed by atoms with Crippen molar-refractivity contribution in [1.29, 1.82) is 0 Å². The molecule has 4 aliphatic heterocycles. The smallest absolute Gasteiger partial charge is 0.345 e. The molecule has 7 nitrogen and oxygen atoms in total. The van der Waals surface area contributed by atoms with Crippen LogP contribution in [0.15, 0.2) is 35.1 Å². The van der Waals surface area contributed by atoms with Crippen LogP contribution in [0, 0.1) is 19.8 Å². The fourth-order valence-electron chi connectivity index (χ4n) is 6.18. The van der Waals surface area contributed by atoms with Gasteiger partial charge in [0.25, 0.3) is 0 Å². The number of rotatable bonds is 5. The molecule has 1 amide bonds. The number of hydrogen-bond donors (Lipinski definition) is 2. The fraction of sp³-hybridized carbons (Fsp3) is 0.542. The molecule has 3 unspecified atom stereocenters. The lowest BCUT2D eigenvalue weighted by Crippen LogP contribution is -2.70. The summed E-state index contributed by atoms with van der Waals surface area (Å²) in [4.78, 5) is 36.6. The third-order valence-electron chi connectivity index (χ3n) is 7.52. The van der Waals surface area contributed by atoms with E-state index in [-0.39, 0.29) is 23.1 Å². The van der Waals surface area contributed by atoms with Crippen molar-refractivity contribution in [2.45, 2.75) is 38.1 Å². The lowest BCUT2D eigenvalue weighted by Gasteiger charge is -2.55. The number of benzene rings is 1. The van der Waals surface area contributed by atoms with Crippen LogP contribution >= 0.6 is 0 Å². The Kier molecular flexibility index (Phi) is 5.18. The van der Waals surface area contributed by atoms with E-state index in [0.717, 1.165) is 50.5 Å². The SMILES string of the molecule is Cc1nc(=O)[nH]c(C)c1CCC(=O)NC1C2CN3CCN(C2)CC1(c1ccccc1)C3. The van der Waals surface area contributed by atoms with Crippen molar-refractivity contribution in [2.24, 2.45) is 5.92 Å². The number of carbonyl (C=O) groups is 1. The maximum Gasteiger partial charge on any atom is 0.345 e. The van der Waals surface area contributed by atoms with E-state index >= 15 is 0 Å². The largest absolute Gasteiger partial charge is 0.352 e. The highest BCUT2D eigenvalue weighted by Crippen LogP contribution is 2.43. The molecule has 0 saturated carbocycles. The topological polar surface area (TPSA) is 81.3 Å². The maximum atomic E-state index is 13.1. The van der Waals surface area contributed by atoms with Crippen LogP contribution in [0.5, 0.6) is 0 Å². The number of aromatic nitrogens is 2. The Balaban J connectivity index is 1.37. The van der Waals surface area contributed by atoms with Crippen molar-refractivity contribution in [1.82, 2.24) is 25.1 Å². The molecular weight excluding hydrogens is 390 g/mol. The summed E-state index contributed by atoms with van der Waals surface area (Å²) in [7, 11) is 0. The van der Waals surface area contributed by atoms with Crippen LogP contribution in [-0.4, -0.2) is 71.0 Å². The van der Waals surface area contributed by atoms with Gasteiger partial charge in [0.1, 0.15) is 0 Å². The molecule has 1 aromatic carbocycles. The molecule has 0 aliphatic carbocycles. The second-order valence-electron chi connectivity index (χ2n) is 9.53. The number of hydrogen-bond acceptors (Lipinski definition) is 5. The Bertz CT molecular complexity index is 992. The monoisotopic (exact) mass is 421 g/mol. The normalized spacial score (nSPS) is 31.4. The average molecular weight is 422 g/mol. The number of carbonyl (C=O) groups excluding carboxylic acids is 1. The first-order chi connectivity index (χ1) is 14.9. The van der Waals surface area contributed by atoms with Gasteiger partial charge in [0.15, 0.2) is 0 Å². The summed E-state index contributed by atoms with van der Waals surface area (Å²) in [6.07, 6.45) is 0.984. The zero-order valence-electron chi connectivity index (χ0n) is 18.4. The van der Waals surface area contributed by atoms with E-state index in [0.29, 0.717) is 24.5 Å². The Hall–Kier alpha value is -2.51. The average Bonchev–Trinajstić information content (AvgIpc) is 2.98. The first-order valence-corrected chi connectivity index (χ1v) is 11.3. The van der Waals surface area contributed by atoms with Crippen molar-refractivity contribution in [3.63, 3.8) is 0 Å². The molecule has 3 atom stereocenters. The molecule has 164 valence electrons. The predicted octanol–water partition coefficient (Wildman–Crippen LogP) is 1.00. The van der Waals surface area contributed by atoms with Crippen molar-refractivity contribution in [3.8, 4) is 0 Å². The molecular formula is C24H31N5O2. The van der Waals surface area contributed by atoms with Crippen LogP contribution in [-0.2, 0) is 16.6 Å². The Morgan fingerprint density at radius 1 is 1.16 bits per heavy atom. The molecule has 4 bridgehead atoms. The van der Waals surface area contributed by atoms with Gasteiger partial charge in [-0.15, -0.1) is 0 Å². The molecule has 0 spiro atoms. The molecule has 4 fully saturated rings. The standard InChI is InChI=1S/C24H31N5O2/c1-16-20(17(2)26-23(31)25-16)8-9-21(30)27-22-18-12-28-10-11-29(13-18)15-24(22,14-28)19-6-4-3-5-7-19/h3-7,18,22H,8-15H2,1-2H3,(H,27,30)(H,25,26,31). The first kappa shape index (κ1) is 20.4. The molecule has 6 rings (SSSR count). The Morgan fingerprint density at radius 2 is 1.84 bits per heavy atom. The summed E-state index contributed by atoms with van der Waals surface area (Å²) in [5.74, 6) is 0.522. The molecule has 5 heterocycles. The van der Waals surface area contributed by atoms with Gasteiger partial charge in [-0.1, -0.05) is 30.3 Å². The van der Waals surface area contributed by atoms with Gasteiger partial charge >= 0.3 is 5.69 Å². The van der Waals surface area contributed by atoms with Gasteiger partial charge in [-0.2, -0.15) is 4.98 Å². The van der Waals surface area contributed by atoms with E-state index in [1.165, 1.54) is 5.56 Å². The molecule has 31 heavy (non-hydrogen) atoms. The van der Waals surface area contributed by atoms with Gasteiger partial charge < -0.3 is 20.1 Å². The molecule has 1 aromatic heterocycles. The van der Waals surface area contributed by atoms with E-state index in [9.17, 15) is 9.59 Å². The van der Waals surface area contributed by atoms with Gasteiger partial charge in [0, 0.05) is 74.5 Å². The van der Waals surface area contributed by atoms with Gasteiger partial charge in [-0.3, -0.25) is 4.79 Å². The summed E-state index contributed by atoms with van der Waals surface area (Å²) in [6.45, 7) is 10.0. The summed E-state index contributed by atoms with van der Waals surface area (Å²) in [5, 5.41) is 3.47. The zero-order chi connectivity index (χ0) is 21.6. The zero-order valence-corrected chi connectivity index (χ0v) is 18.4. The summed E-state index contributed by atoms with van der Waals surface area (Å²) in [6, 6.07) is 10.9. The van der Waals surface area contributed by atoms with Crippen LogP contribution in [0.2, 0.25) is 0 Å². The van der Waals surface area contributed by atoms with Crippen LogP contribution in [0.4, 0.5) is 0 Å². The van der Waals surface area contributed by atoms with E-state index in [1.54, 1.807) is 0 Å². The van der Waals surface area contributed by atoms with Crippen molar-refractivity contribution < 1.29 is 4.79 Å². The number of aromatic amines is 1. The minimum absolute atomic E-state index is 0.0695. The van der Waals surface area contributed by atoms with Gasteiger partial charge in [0.2, 0.25) is 5.91 Å². The van der Waals surface area contributed by atoms with Crippen molar-refractivity contribution >= 4 is 5.91 Å². The maximum absolute atomic E-state index is 13.1. The van der Waals surface area contributed by atoms with Crippen LogP contribution in [0.25, 0.3) is 0 Å². The van der Waals surface area contributed by atoms with Crippen LogP contribution in [0.3, 0.4) is 0 Å². The number of nitrogens with zero attached hydrogens (tertiary/aromatic N) is 3. The Labute approximate surface area is 182 Å². The van der Waals surface area contributed by atoms with Crippen molar-refractivity contribution in [2.75, 3.05) is 39.3 Å². The van der Waals surface area contributed by atoms with Gasteiger partial charge in [-0.25, -0.2) is 4.79 Å². The fourth-order valence-corrected chi connectivity index (χ4v) is 6.18. The third kappa shape index (κ3) is 3.70. The van der Waals surface area contributed by atoms with Gasteiger partial charge in [0.05, 0.1) is 0 Å². The molecule has 2 aromatic rings. The second-order valence-corrected chi connectivity index (χ2v) is 9.53. The second kappa shape index (κ2) is 7.88. The van der Waals surface area contributed by atoms with E-state index in [4.69, 9.17) is 0 Å². The number of nitrogens with one attached hydrogen (secondary N) is 2. The van der Waals surface area contributed by atoms with Crippen LogP contribution < -0.4 is 11.0 Å². The number of fused-ring (bicyclic) bond motifs is 1. The number of amides is 1. The molecule has 4 saturated heterocycles. The lowest BCUT2D eigenvalue weighted by atomic mass is 9.64. The van der Waals surface area contributed by atoms with Crippen LogP contribution in [0.1, 0.15) is 28.9 Å². The van der Waals surface area contributed by atoms with Crippen molar-refractivity contribution in [3.05, 3.63) is 63.3 Å². The highest BCUT2D eigenvalue weighted by Gasteiger charge is 2.55. The summed E-state index contributed by atoms with van der Waals surface area (Å²) in [5.41, 5.74) is 3.41. The lowest BCUT2D eigenvalue weighted by molar-refractivity contribution is -0.124. The first-order valence-electron chi connectivity index (χ1n) is 11.3. The quantitative estimate of drug-likeness (QED) is 0.753. The highest BCUT2D eigenvalue weighted by atomic mass is 16.2. The molecule has 7 heteroatoms. The number of H-pyrrole nitrogens is 1. The minimum Gasteiger partial charge on any atom is -0.352 e.